The molecule has 1 aromatic heterocycles. The second-order valence-corrected chi connectivity index (χ2v) is 7.02. The fourth-order valence-corrected chi connectivity index (χ4v) is 2.57. The number of ether oxygens (including phenoxy) is 1. The van der Waals surface area contributed by atoms with Gasteiger partial charge >= 0.3 is 12.4 Å². The summed E-state index contributed by atoms with van der Waals surface area (Å²) in [4.78, 5) is 19.8. The summed E-state index contributed by atoms with van der Waals surface area (Å²) in [7, 11) is 3.56. The van der Waals surface area contributed by atoms with Gasteiger partial charge in [0.1, 0.15) is 0 Å². The van der Waals surface area contributed by atoms with E-state index in [1.54, 1.807) is 19.0 Å². The topological polar surface area (TPSA) is 45.7 Å². The van der Waals surface area contributed by atoms with Gasteiger partial charge in [0, 0.05) is 31.9 Å². The Balaban J connectivity index is 2.18. The lowest BCUT2D eigenvalue weighted by atomic mass is 10.1. The predicted octanol–water partition coefficient (Wildman–Crippen LogP) is 4.25. The molecule has 0 unspecified atom stereocenters. The molecule has 170 valence electrons. The molecule has 1 aromatic carbocycles. The van der Waals surface area contributed by atoms with Gasteiger partial charge in [-0.05, 0) is 37.9 Å². The molecule has 0 aliphatic carbocycles. The van der Waals surface area contributed by atoms with Crippen LogP contribution in [0.15, 0.2) is 42.6 Å². The minimum Gasteiger partial charge on any atom is -0.468 e. The van der Waals surface area contributed by atoms with Crippen molar-refractivity contribution >= 4 is 5.91 Å². The SMILES string of the molecule is CN(C)CCN(Cc1cccc(C(F)(F)F)c1)C(=O)c1ccc(OCC(F)(F)F)nc1. The number of hydrogen-bond acceptors (Lipinski definition) is 4. The van der Waals surface area contributed by atoms with Crippen LogP contribution < -0.4 is 4.74 Å². The summed E-state index contributed by atoms with van der Waals surface area (Å²) in [5, 5.41) is 0. The Morgan fingerprint density at radius 3 is 2.29 bits per heavy atom. The maximum absolute atomic E-state index is 13.0. The van der Waals surface area contributed by atoms with Crippen LogP contribution in [0, 0.1) is 0 Å². The molecule has 2 rings (SSSR count). The number of carbonyl (C=O) groups is 1. The molecule has 2 aromatic rings. The number of benzene rings is 1. The first-order valence-corrected chi connectivity index (χ1v) is 9.11. The van der Waals surface area contributed by atoms with Crippen molar-refractivity contribution < 1.29 is 35.9 Å². The van der Waals surface area contributed by atoms with Crippen LogP contribution in [0.5, 0.6) is 5.88 Å². The van der Waals surface area contributed by atoms with Gasteiger partial charge in [0.15, 0.2) is 6.61 Å². The molecule has 0 saturated carbocycles. The van der Waals surface area contributed by atoms with Gasteiger partial charge in [0.05, 0.1) is 11.1 Å². The van der Waals surface area contributed by atoms with E-state index in [0.29, 0.717) is 12.1 Å². The Morgan fingerprint density at radius 2 is 1.74 bits per heavy atom. The first-order valence-electron chi connectivity index (χ1n) is 9.11. The molecular weight excluding hydrogens is 428 g/mol. The third kappa shape index (κ3) is 8.08. The van der Waals surface area contributed by atoms with E-state index in [1.165, 1.54) is 23.1 Å². The number of halogens is 6. The zero-order valence-corrected chi connectivity index (χ0v) is 16.8. The van der Waals surface area contributed by atoms with E-state index in [0.717, 1.165) is 24.4 Å². The van der Waals surface area contributed by atoms with E-state index in [1.807, 2.05) is 0 Å². The maximum Gasteiger partial charge on any atom is 0.422 e. The Kier molecular flexibility index (Phi) is 7.88. The van der Waals surface area contributed by atoms with Gasteiger partial charge in [0.25, 0.3) is 5.91 Å². The van der Waals surface area contributed by atoms with Crippen molar-refractivity contribution in [3.8, 4) is 5.88 Å². The van der Waals surface area contributed by atoms with Crippen molar-refractivity contribution in [1.82, 2.24) is 14.8 Å². The fourth-order valence-electron chi connectivity index (χ4n) is 2.57. The minimum atomic E-state index is -4.52. The van der Waals surface area contributed by atoms with Gasteiger partial charge in [-0.15, -0.1) is 0 Å². The summed E-state index contributed by atoms with van der Waals surface area (Å²) >= 11 is 0. The Labute approximate surface area is 175 Å². The van der Waals surface area contributed by atoms with E-state index in [4.69, 9.17) is 0 Å². The summed E-state index contributed by atoms with van der Waals surface area (Å²) in [5.41, 5.74) is -0.456. The molecule has 0 saturated heterocycles. The fraction of sp³-hybridized carbons (Fsp3) is 0.400. The molecule has 1 heterocycles. The highest BCUT2D eigenvalue weighted by Gasteiger charge is 2.31. The van der Waals surface area contributed by atoms with Crippen LogP contribution in [0.4, 0.5) is 26.3 Å². The van der Waals surface area contributed by atoms with Gasteiger partial charge in [-0.3, -0.25) is 4.79 Å². The number of alkyl halides is 6. The number of likely N-dealkylation sites (N-methyl/N-ethyl adjacent to an activating group) is 1. The molecule has 5 nitrogen and oxygen atoms in total. The molecule has 11 heteroatoms. The summed E-state index contributed by atoms with van der Waals surface area (Å²) < 4.78 is 80.1. The number of nitrogens with zero attached hydrogens (tertiary/aromatic N) is 3. The molecule has 0 aliphatic rings. The first-order chi connectivity index (χ1) is 14.3. The second kappa shape index (κ2) is 9.99. The van der Waals surface area contributed by atoms with Gasteiger partial charge in [-0.25, -0.2) is 4.98 Å². The third-order valence-electron chi connectivity index (χ3n) is 4.10. The molecule has 0 fully saturated rings. The lowest BCUT2D eigenvalue weighted by molar-refractivity contribution is -0.154. The maximum atomic E-state index is 13.0. The predicted molar refractivity (Wildman–Crippen MR) is 101 cm³/mol. The molecular formula is C20H21F6N3O2. The van der Waals surface area contributed by atoms with Crippen molar-refractivity contribution in [3.63, 3.8) is 0 Å². The number of carbonyl (C=O) groups excluding carboxylic acids is 1. The molecule has 0 N–H and O–H groups in total. The quantitative estimate of drug-likeness (QED) is 0.566. The zero-order valence-electron chi connectivity index (χ0n) is 16.8. The minimum absolute atomic E-state index is 0.0742. The van der Waals surface area contributed by atoms with Crippen LogP contribution in [0.2, 0.25) is 0 Å². The molecule has 0 aliphatic heterocycles. The van der Waals surface area contributed by atoms with Gasteiger partial charge in [0.2, 0.25) is 5.88 Å². The Bertz CT molecular complexity index is 866. The van der Waals surface area contributed by atoms with E-state index < -0.39 is 30.4 Å². The molecule has 1 amide bonds. The highest BCUT2D eigenvalue weighted by Crippen LogP contribution is 2.30. The van der Waals surface area contributed by atoms with Crippen molar-refractivity contribution in [3.05, 3.63) is 59.3 Å². The molecule has 0 radical (unpaired) electrons. The van der Waals surface area contributed by atoms with E-state index >= 15 is 0 Å². The van der Waals surface area contributed by atoms with Crippen LogP contribution in [0.3, 0.4) is 0 Å². The van der Waals surface area contributed by atoms with Crippen LogP contribution >= 0.6 is 0 Å². The van der Waals surface area contributed by atoms with Crippen LogP contribution in [0.1, 0.15) is 21.5 Å². The monoisotopic (exact) mass is 449 g/mol. The lowest BCUT2D eigenvalue weighted by Crippen LogP contribution is -2.36. The van der Waals surface area contributed by atoms with Gasteiger partial charge in [-0.2, -0.15) is 26.3 Å². The third-order valence-corrected chi connectivity index (χ3v) is 4.10. The lowest BCUT2D eigenvalue weighted by Gasteiger charge is -2.25. The van der Waals surface area contributed by atoms with Crippen LogP contribution in [-0.4, -0.2) is 60.7 Å². The van der Waals surface area contributed by atoms with Crippen LogP contribution in [-0.2, 0) is 12.7 Å². The average molecular weight is 449 g/mol. The summed E-state index contributed by atoms with van der Waals surface area (Å²) in [6, 6.07) is 7.06. The summed E-state index contributed by atoms with van der Waals surface area (Å²) in [6.07, 6.45) is -7.96. The molecule has 0 atom stereocenters. The van der Waals surface area contributed by atoms with E-state index in [-0.39, 0.29) is 24.5 Å². The largest absolute Gasteiger partial charge is 0.468 e. The standard InChI is InChI=1S/C20H21F6N3O2/c1-28(2)8-9-29(12-14-4-3-5-16(10-14)20(24,25)26)18(30)15-6-7-17(27-11-15)31-13-19(21,22)23/h3-7,10-11H,8-9,12-13H2,1-2H3. The number of amides is 1. The Hall–Kier alpha value is -2.82. The van der Waals surface area contributed by atoms with E-state index in [2.05, 4.69) is 9.72 Å². The molecule has 0 bridgehead atoms. The molecule has 0 spiro atoms. The number of pyridine rings is 1. The van der Waals surface area contributed by atoms with Gasteiger partial charge < -0.3 is 14.5 Å². The Morgan fingerprint density at radius 1 is 1.03 bits per heavy atom. The highest BCUT2D eigenvalue weighted by molar-refractivity contribution is 5.94. The summed E-state index contributed by atoms with van der Waals surface area (Å²) in [6.45, 7) is -0.931. The number of rotatable bonds is 8. The van der Waals surface area contributed by atoms with Crippen molar-refractivity contribution in [2.45, 2.75) is 18.9 Å². The number of aromatic nitrogens is 1. The summed E-state index contributed by atoms with van der Waals surface area (Å²) in [5.74, 6) is -0.819. The smallest absolute Gasteiger partial charge is 0.422 e. The zero-order chi connectivity index (χ0) is 23.2. The van der Waals surface area contributed by atoms with Crippen molar-refractivity contribution in [1.29, 1.82) is 0 Å². The number of hydrogen-bond donors (Lipinski definition) is 0. The second-order valence-electron chi connectivity index (χ2n) is 7.02. The van der Waals surface area contributed by atoms with Crippen molar-refractivity contribution in [2.24, 2.45) is 0 Å². The van der Waals surface area contributed by atoms with Crippen molar-refractivity contribution in [2.75, 3.05) is 33.8 Å². The normalized spacial score (nSPS) is 12.2. The van der Waals surface area contributed by atoms with Crippen LogP contribution in [0.25, 0.3) is 0 Å². The molecule has 31 heavy (non-hydrogen) atoms. The highest BCUT2D eigenvalue weighted by atomic mass is 19.4. The first kappa shape index (κ1) is 24.4. The van der Waals surface area contributed by atoms with E-state index in [9.17, 15) is 31.1 Å². The average Bonchev–Trinajstić information content (AvgIpc) is 2.68. The van der Waals surface area contributed by atoms with Gasteiger partial charge in [-0.1, -0.05) is 12.1 Å².